The van der Waals surface area contributed by atoms with E-state index < -0.39 is 0 Å². The molecule has 8 nitrogen and oxygen atoms in total. The van der Waals surface area contributed by atoms with E-state index in [0.29, 0.717) is 60.4 Å². The first-order valence-electron chi connectivity index (χ1n) is 9.73. The Hall–Kier alpha value is -3.68. The van der Waals surface area contributed by atoms with E-state index in [1.54, 1.807) is 49.6 Å². The molecule has 156 valence electrons. The number of aromatic nitrogens is 2. The number of aromatic amines is 1. The summed E-state index contributed by atoms with van der Waals surface area (Å²) in [5.74, 6) is 0.926. The second-order valence-corrected chi connectivity index (χ2v) is 6.72. The molecule has 30 heavy (non-hydrogen) atoms. The van der Waals surface area contributed by atoms with Gasteiger partial charge in [0, 0.05) is 31.5 Å². The Bertz CT molecular complexity index is 1080. The minimum absolute atomic E-state index is 0.114. The summed E-state index contributed by atoms with van der Waals surface area (Å²) in [5, 5.41) is 6.07. The Morgan fingerprint density at radius 3 is 2.53 bits per heavy atom. The molecule has 1 aromatic heterocycles. The van der Waals surface area contributed by atoms with Crippen molar-refractivity contribution in [1.82, 2.24) is 20.6 Å². The fourth-order valence-corrected chi connectivity index (χ4v) is 2.98. The molecule has 2 aromatic carbocycles. The molecule has 0 radical (unpaired) electrons. The Kier molecular flexibility index (Phi) is 7.15. The van der Waals surface area contributed by atoms with Crippen LogP contribution in [0.25, 0.3) is 10.9 Å². The Morgan fingerprint density at radius 2 is 1.77 bits per heavy atom. The summed E-state index contributed by atoms with van der Waals surface area (Å²) in [6.07, 6.45) is 1.37. The molecule has 3 aromatic rings. The molecule has 0 fully saturated rings. The van der Waals surface area contributed by atoms with Crippen molar-refractivity contribution in [2.75, 3.05) is 20.2 Å². The second-order valence-electron chi connectivity index (χ2n) is 6.72. The van der Waals surface area contributed by atoms with E-state index in [-0.39, 0.29) is 17.4 Å². The summed E-state index contributed by atoms with van der Waals surface area (Å²) in [5.41, 5.74) is 1.000. The molecule has 2 amide bonds. The van der Waals surface area contributed by atoms with Crippen LogP contribution in [0.5, 0.6) is 5.75 Å². The predicted octanol–water partition coefficient (Wildman–Crippen LogP) is 1.80. The van der Waals surface area contributed by atoms with Crippen molar-refractivity contribution in [3.8, 4) is 5.75 Å². The normalized spacial score (nSPS) is 10.6. The van der Waals surface area contributed by atoms with Gasteiger partial charge in [0.1, 0.15) is 11.6 Å². The average molecular weight is 408 g/mol. The monoisotopic (exact) mass is 408 g/mol. The van der Waals surface area contributed by atoms with Crippen LogP contribution in [-0.2, 0) is 11.2 Å². The smallest absolute Gasteiger partial charge is 0.258 e. The van der Waals surface area contributed by atoms with Crippen LogP contribution in [0.4, 0.5) is 0 Å². The maximum atomic E-state index is 12.0. The molecule has 0 aliphatic carbocycles. The Morgan fingerprint density at radius 1 is 1.03 bits per heavy atom. The van der Waals surface area contributed by atoms with Crippen LogP contribution in [0, 0.1) is 0 Å². The molecule has 0 saturated carbocycles. The maximum Gasteiger partial charge on any atom is 0.258 e. The highest BCUT2D eigenvalue weighted by Gasteiger charge is 2.07. The highest BCUT2D eigenvalue weighted by Crippen LogP contribution is 2.11. The van der Waals surface area contributed by atoms with Gasteiger partial charge in [-0.2, -0.15) is 0 Å². The van der Waals surface area contributed by atoms with Crippen LogP contribution in [-0.4, -0.2) is 42.0 Å². The molecule has 1 heterocycles. The van der Waals surface area contributed by atoms with Crippen molar-refractivity contribution in [3.05, 3.63) is 70.3 Å². The molecule has 0 unspecified atom stereocenters. The number of fused-ring (bicyclic) bond motifs is 1. The van der Waals surface area contributed by atoms with Crippen molar-refractivity contribution in [2.45, 2.75) is 19.3 Å². The molecular weight excluding hydrogens is 384 g/mol. The number of amides is 2. The SMILES string of the molecule is COc1ccc(C(=O)NCCNC(=O)CCCc2nc3ccccc3c(=O)[nH]2)cc1. The number of hydrogen-bond acceptors (Lipinski definition) is 5. The van der Waals surface area contributed by atoms with Gasteiger partial charge in [-0.25, -0.2) is 4.98 Å². The largest absolute Gasteiger partial charge is 0.497 e. The first-order chi connectivity index (χ1) is 14.6. The zero-order chi connectivity index (χ0) is 21.3. The number of aryl methyl sites for hydroxylation is 1. The summed E-state index contributed by atoms with van der Waals surface area (Å²) in [4.78, 5) is 43.2. The molecule has 3 rings (SSSR count). The molecule has 8 heteroatoms. The average Bonchev–Trinajstić information content (AvgIpc) is 2.76. The first kappa shape index (κ1) is 21.0. The molecule has 0 spiro atoms. The summed E-state index contributed by atoms with van der Waals surface area (Å²) in [6.45, 7) is 0.669. The van der Waals surface area contributed by atoms with Gasteiger partial charge in [0.25, 0.3) is 11.5 Å². The maximum absolute atomic E-state index is 12.0. The van der Waals surface area contributed by atoms with Gasteiger partial charge in [-0.3, -0.25) is 14.4 Å². The van der Waals surface area contributed by atoms with Gasteiger partial charge in [-0.15, -0.1) is 0 Å². The van der Waals surface area contributed by atoms with Gasteiger partial charge in [0.05, 0.1) is 18.0 Å². The van der Waals surface area contributed by atoms with Crippen molar-refractivity contribution >= 4 is 22.7 Å². The molecule has 0 aliphatic heterocycles. The number of rotatable bonds is 9. The number of nitrogens with one attached hydrogen (secondary N) is 3. The summed E-state index contributed by atoms with van der Waals surface area (Å²) in [7, 11) is 1.56. The molecule has 0 atom stereocenters. The quantitative estimate of drug-likeness (QED) is 0.467. The van der Waals surface area contributed by atoms with E-state index in [4.69, 9.17) is 4.74 Å². The standard InChI is InChI=1S/C22H24N4O4/c1-30-16-11-9-15(10-12-16)21(28)24-14-13-23-20(27)8-4-7-19-25-18-6-3-2-5-17(18)22(29)26-19/h2-3,5-6,9-12H,4,7-8,13-14H2,1H3,(H,23,27)(H,24,28)(H,25,26,29). The van der Waals surface area contributed by atoms with E-state index in [9.17, 15) is 14.4 Å². The van der Waals surface area contributed by atoms with Gasteiger partial charge >= 0.3 is 0 Å². The van der Waals surface area contributed by atoms with Gasteiger partial charge in [0.15, 0.2) is 0 Å². The number of H-pyrrole nitrogens is 1. The highest BCUT2D eigenvalue weighted by atomic mass is 16.5. The zero-order valence-corrected chi connectivity index (χ0v) is 16.7. The Labute approximate surface area is 173 Å². The van der Waals surface area contributed by atoms with Crippen LogP contribution in [0.2, 0.25) is 0 Å². The zero-order valence-electron chi connectivity index (χ0n) is 16.7. The third-order valence-corrected chi connectivity index (χ3v) is 4.56. The fraction of sp³-hybridized carbons (Fsp3) is 0.273. The minimum atomic E-state index is -0.210. The lowest BCUT2D eigenvalue weighted by atomic mass is 10.2. The molecule has 3 N–H and O–H groups in total. The number of para-hydroxylation sites is 1. The lowest BCUT2D eigenvalue weighted by molar-refractivity contribution is -0.121. The van der Waals surface area contributed by atoms with E-state index in [2.05, 4.69) is 20.6 Å². The first-order valence-corrected chi connectivity index (χ1v) is 9.73. The Balaban J connectivity index is 1.36. The molecule has 0 bridgehead atoms. The van der Waals surface area contributed by atoms with Crippen molar-refractivity contribution in [3.63, 3.8) is 0 Å². The van der Waals surface area contributed by atoms with Crippen LogP contribution in [0.3, 0.4) is 0 Å². The van der Waals surface area contributed by atoms with E-state index >= 15 is 0 Å². The van der Waals surface area contributed by atoms with Crippen molar-refractivity contribution in [1.29, 1.82) is 0 Å². The van der Waals surface area contributed by atoms with Crippen LogP contribution < -0.4 is 20.9 Å². The van der Waals surface area contributed by atoms with Crippen LogP contribution in [0.15, 0.2) is 53.3 Å². The van der Waals surface area contributed by atoms with E-state index in [1.807, 2.05) is 6.07 Å². The van der Waals surface area contributed by atoms with Gasteiger partial charge in [-0.1, -0.05) is 12.1 Å². The molecule has 0 saturated heterocycles. The topological polar surface area (TPSA) is 113 Å². The fourth-order valence-electron chi connectivity index (χ4n) is 2.98. The lowest BCUT2D eigenvalue weighted by Crippen LogP contribution is -2.34. The van der Waals surface area contributed by atoms with Gasteiger partial charge in [-0.05, 0) is 42.8 Å². The number of carbonyl (C=O) groups excluding carboxylic acids is 2. The third kappa shape index (κ3) is 5.66. The number of carbonyl (C=O) groups is 2. The second kappa shape index (κ2) is 10.2. The van der Waals surface area contributed by atoms with E-state index in [0.717, 1.165) is 0 Å². The molecular formula is C22H24N4O4. The van der Waals surface area contributed by atoms with Gasteiger partial charge < -0.3 is 20.4 Å². The summed E-state index contributed by atoms with van der Waals surface area (Å²) in [6, 6.07) is 13.9. The van der Waals surface area contributed by atoms with Crippen molar-refractivity contribution < 1.29 is 14.3 Å². The predicted molar refractivity (Wildman–Crippen MR) is 114 cm³/mol. The van der Waals surface area contributed by atoms with Crippen LogP contribution in [0.1, 0.15) is 29.0 Å². The number of methoxy groups -OCH3 is 1. The number of benzene rings is 2. The highest BCUT2D eigenvalue weighted by molar-refractivity contribution is 5.94. The number of nitrogens with zero attached hydrogens (tertiary/aromatic N) is 1. The third-order valence-electron chi connectivity index (χ3n) is 4.56. The number of hydrogen-bond donors (Lipinski definition) is 3. The van der Waals surface area contributed by atoms with E-state index in [1.165, 1.54) is 0 Å². The van der Waals surface area contributed by atoms with Gasteiger partial charge in [0.2, 0.25) is 5.91 Å². The van der Waals surface area contributed by atoms with Crippen LogP contribution >= 0.6 is 0 Å². The summed E-state index contributed by atoms with van der Waals surface area (Å²) < 4.78 is 5.06. The van der Waals surface area contributed by atoms with Crippen molar-refractivity contribution in [2.24, 2.45) is 0 Å². The lowest BCUT2D eigenvalue weighted by Gasteiger charge is -2.08. The molecule has 0 aliphatic rings. The summed E-state index contributed by atoms with van der Waals surface area (Å²) >= 11 is 0. The minimum Gasteiger partial charge on any atom is -0.497 e. The number of ether oxygens (including phenoxy) is 1.